The van der Waals surface area contributed by atoms with E-state index in [1.54, 1.807) is 0 Å². The second-order valence-corrected chi connectivity index (χ2v) is 27.3. The predicted molar refractivity (Wildman–Crippen MR) is 374 cm³/mol. The van der Waals surface area contributed by atoms with E-state index in [0.29, 0.717) is 17.4 Å². The summed E-state index contributed by atoms with van der Waals surface area (Å²) in [5.74, 6) is -1.97. The fraction of sp³-hybridized carbons (Fsp3) is 0.885. The number of carbonyl (C=O) groups is 3. The summed E-state index contributed by atoms with van der Waals surface area (Å²) in [4.78, 5) is 37.7. The standard InChI is InChI=1S/C78H147NO8/c1-6-8-10-12-14-16-18-20-22-24-26-28-30-31-32-33-34-35-36-37-38-39-40-41-42-43-44-45-47-49-51-53-55-57-59-61-63-65-67-69-76(81)87-74(73-86-78(77(82)83)84-71-70-79(3,4)5)72-85-75(80)68-66-64-62-60-58-56-54-52-50-48-46-29-27-25-23-21-19-17-15-13-11-9-7-2/h18,20,24,26,30-31,74,78H,6-17,19,21-23,25,27-29,32-73H2,1-5H3/p+1/b20-18-,26-24-,31-30-. The van der Waals surface area contributed by atoms with E-state index in [9.17, 15) is 19.5 Å². The molecule has 0 spiro atoms. The van der Waals surface area contributed by atoms with Gasteiger partial charge in [-0.3, -0.25) is 9.59 Å². The van der Waals surface area contributed by atoms with Crippen molar-refractivity contribution in [2.45, 2.75) is 399 Å². The van der Waals surface area contributed by atoms with Gasteiger partial charge in [0, 0.05) is 12.8 Å². The van der Waals surface area contributed by atoms with Gasteiger partial charge in [-0.1, -0.05) is 359 Å². The van der Waals surface area contributed by atoms with Crippen molar-refractivity contribution in [1.82, 2.24) is 0 Å². The van der Waals surface area contributed by atoms with Crippen molar-refractivity contribution in [3.05, 3.63) is 36.5 Å². The van der Waals surface area contributed by atoms with Crippen molar-refractivity contribution in [2.24, 2.45) is 0 Å². The van der Waals surface area contributed by atoms with Crippen molar-refractivity contribution in [1.29, 1.82) is 0 Å². The first kappa shape index (κ1) is 84.5. The van der Waals surface area contributed by atoms with Crippen LogP contribution in [0.4, 0.5) is 0 Å². The molecule has 0 aromatic carbocycles. The molecule has 0 rings (SSSR count). The molecule has 9 nitrogen and oxygen atoms in total. The number of carboxylic acid groups (broad SMARTS) is 1. The van der Waals surface area contributed by atoms with Gasteiger partial charge < -0.3 is 28.5 Å². The highest BCUT2D eigenvalue weighted by atomic mass is 16.7. The molecular formula is C78H148NO8+. The summed E-state index contributed by atoms with van der Waals surface area (Å²) >= 11 is 0. The highest BCUT2D eigenvalue weighted by Gasteiger charge is 2.25. The van der Waals surface area contributed by atoms with E-state index in [0.717, 1.165) is 51.4 Å². The van der Waals surface area contributed by atoms with Crippen molar-refractivity contribution in [2.75, 3.05) is 47.5 Å². The number of hydrogen-bond acceptors (Lipinski definition) is 7. The van der Waals surface area contributed by atoms with Crippen molar-refractivity contribution in [3.63, 3.8) is 0 Å². The molecule has 2 atom stereocenters. The molecule has 0 saturated carbocycles. The van der Waals surface area contributed by atoms with Crippen LogP contribution in [-0.2, 0) is 33.3 Å². The summed E-state index contributed by atoms with van der Waals surface area (Å²) in [6.45, 7) is 4.94. The van der Waals surface area contributed by atoms with Gasteiger partial charge in [0.1, 0.15) is 13.2 Å². The van der Waals surface area contributed by atoms with E-state index < -0.39 is 18.4 Å². The first-order valence-corrected chi connectivity index (χ1v) is 38.2. The normalized spacial score (nSPS) is 12.8. The molecule has 0 amide bonds. The molecule has 0 aromatic rings. The molecule has 1 N–H and O–H groups in total. The zero-order valence-corrected chi connectivity index (χ0v) is 58.7. The van der Waals surface area contributed by atoms with E-state index in [2.05, 4.69) is 50.3 Å². The quantitative estimate of drug-likeness (QED) is 0.0211. The van der Waals surface area contributed by atoms with Crippen molar-refractivity contribution >= 4 is 17.9 Å². The molecule has 2 unspecified atom stereocenters. The summed E-state index contributed by atoms with van der Waals surface area (Å²) in [5, 5.41) is 9.76. The Kier molecular flexibility index (Phi) is 67.4. The Morgan fingerprint density at radius 3 is 0.920 bits per heavy atom. The van der Waals surface area contributed by atoms with Gasteiger partial charge in [-0.05, 0) is 51.4 Å². The number of quaternary nitrogens is 1. The SMILES string of the molecule is CCCCCCC/C=C\C/C=C\C/C=C\CCCCCCCCCCCCCCCCCCCCCCCCCCC(=O)OC(COC(=O)CCCCCCCCCCCCCCCCCCCCCCCCC)COC(OCC[N+](C)(C)C)C(=O)O. The van der Waals surface area contributed by atoms with E-state index in [1.165, 1.54) is 308 Å². The van der Waals surface area contributed by atoms with E-state index in [1.807, 2.05) is 21.1 Å². The fourth-order valence-corrected chi connectivity index (χ4v) is 11.6. The molecule has 0 aliphatic rings. The van der Waals surface area contributed by atoms with Crippen LogP contribution < -0.4 is 0 Å². The highest BCUT2D eigenvalue weighted by molar-refractivity contribution is 5.71. The van der Waals surface area contributed by atoms with Gasteiger partial charge in [0.25, 0.3) is 6.29 Å². The number of carboxylic acids is 1. The summed E-state index contributed by atoms with van der Waals surface area (Å²) in [6.07, 6.45) is 85.8. The molecule has 9 heteroatoms. The number of hydrogen-bond donors (Lipinski definition) is 1. The highest BCUT2D eigenvalue weighted by Crippen LogP contribution is 2.19. The van der Waals surface area contributed by atoms with Gasteiger partial charge in [-0.15, -0.1) is 0 Å². The third-order valence-electron chi connectivity index (χ3n) is 17.4. The van der Waals surface area contributed by atoms with Crippen LogP contribution in [0.25, 0.3) is 0 Å². The number of unbranched alkanes of at least 4 members (excludes halogenated alkanes) is 51. The monoisotopic (exact) mass is 1230 g/mol. The van der Waals surface area contributed by atoms with Crippen LogP contribution in [0.5, 0.6) is 0 Å². The first-order chi connectivity index (χ1) is 42.6. The zero-order valence-electron chi connectivity index (χ0n) is 58.7. The number of aliphatic carboxylic acids is 1. The van der Waals surface area contributed by atoms with Crippen LogP contribution in [0.15, 0.2) is 36.5 Å². The predicted octanol–water partition coefficient (Wildman–Crippen LogP) is 23.9. The minimum atomic E-state index is -1.51. The van der Waals surface area contributed by atoms with Gasteiger partial charge >= 0.3 is 17.9 Å². The Balaban J connectivity index is 3.96. The van der Waals surface area contributed by atoms with Gasteiger partial charge in [0.2, 0.25) is 0 Å². The lowest BCUT2D eigenvalue weighted by atomic mass is 10.0. The minimum absolute atomic E-state index is 0.174. The maximum Gasteiger partial charge on any atom is 0.361 e. The third kappa shape index (κ3) is 70.8. The Hall–Kier alpha value is -2.49. The summed E-state index contributed by atoms with van der Waals surface area (Å²) < 4.78 is 23.0. The van der Waals surface area contributed by atoms with E-state index in [-0.39, 0.29) is 38.2 Å². The Morgan fingerprint density at radius 2 is 0.621 bits per heavy atom. The van der Waals surface area contributed by atoms with Crippen LogP contribution in [0.3, 0.4) is 0 Å². The maximum atomic E-state index is 13.0. The smallest absolute Gasteiger partial charge is 0.361 e. The number of carbonyl (C=O) groups excluding carboxylic acids is 2. The molecule has 87 heavy (non-hydrogen) atoms. The molecular weight excluding hydrogens is 1080 g/mol. The lowest BCUT2D eigenvalue weighted by Crippen LogP contribution is -2.40. The number of esters is 2. The molecule has 512 valence electrons. The average Bonchev–Trinajstić information content (AvgIpc) is 3.55. The third-order valence-corrected chi connectivity index (χ3v) is 17.4. The summed E-state index contributed by atoms with van der Waals surface area (Å²) in [5.41, 5.74) is 0. The number of rotatable bonds is 72. The van der Waals surface area contributed by atoms with Crippen LogP contribution in [-0.4, -0.2) is 87.4 Å². The van der Waals surface area contributed by atoms with Crippen LogP contribution in [0.2, 0.25) is 0 Å². The second kappa shape index (κ2) is 69.4. The van der Waals surface area contributed by atoms with Gasteiger partial charge in [-0.2, -0.15) is 0 Å². The number of nitrogens with zero attached hydrogens (tertiary/aromatic N) is 1. The molecule has 0 fully saturated rings. The van der Waals surface area contributed by atoms with E-state index in [4.69, 9.17) is 18.9 Å². The topological polar surface area (TPSA) is 108 Å². The lowest BCUT2D eigenvalue weighted by molar-refractivity contribution is -0.870. The van der Waals surface area contributed by atoms with Crippen molar-refractivity contribution in [3.8, 4) is 0 Å². The Bertz CT molecular complexity index is 1520. The van der Waals surface area contributed by atoms with Gasteiger partial charge in [-0.25, -0.2) is 4.79 Å². The number of ether oxygens (including phenoxy) is 4. The molecule has 0 aromatic heterocycles. The molecule has 0 aliphatic heterocycles. The molecule has 0 aliphatic carbocycles. The van der Waals surface area contributed by atoms with Gasteiger partial charge in [0.15, 0.2) is 6.10 Å². The zero-order chi connectivity index (χ0) is 63.3. The largest absolute Gasteiger partial charge is 0.477 e. The number of allylic oxidation sites excluding steroid dienone is 6. The lowest BCUT2D eigenvalue weighted by Gasteiger charge is -2.25. The Labute approximate surface area is 540 Å². The van der Waals surface area contributed by atoms with Crippen LogP contribution in [0.1, 0.15) is 386 Å². The number of likely N-dealkylation sites (N-methyl/N-ethyl adjacent to an activating group) is 1. The second-order valence-electron chi connectivity index (χ2n) is 27.3. The van der Waals surface area contributed by atoms with Crippen LogP contribution >= 0.6 is 0 Å². The minimum Gasteiger partial charge on any atom is -0.477 e. The van der Waals surface area contributed by atoms with E-state index >= 15 is 0 Å². The Morgan fingerprint density at radius 1 is 0.345 bits per heavy atom. The molecule has 0 bridgehead atoms. The van der Waals surface area contributed by atoms with Crippen LogP contribution in [0, 0.1) is 0 Å². The summed E-state index contributed by atoms with van der Waals surface area (Å²) in [6, 6.07) is 0. The first-order valence-electron chi connectivity index (χ1n) is 38.2. The molecule has 0 radical (unpaired) electrons. The summed E-state index contributed by atoms with van der Waals surface area (Å²) in [7, 11) is 6.00. The van der Waals surface area contributed by atoms with Crippen molar-refractivity contribution < 1.29 is 42.9 Å². The maximum absolute atomic E-state index is 13.0. The van der Waals surface area contributed by atoms with Gasteiger partial charge in [0.05, 0.1) is 34.4 Å². The fourth-order valence-electron chi connectivity index (χ4n) is 11.6. The molecule has 0 heterocycles. The average molecular weight is 1230 g/mol. The molecule has 0 saturated heterocycles.